The first kappa shape index (κ1) is 26.6. The maximum absolute atomic E-state index is 6.49. The van der Waals surface area contributed by atoms with Gasteiger partial charge >= 0.3 is 0 Å². The molecule has 4 aromatic heterocycles. The predicted molar refractivity (Wildman–Crippen MR) is 197 cm³/mol. The van der Waals surface area contributed by atoms with Gasteiger partial charge in [-0.25, -0.2) is 9.97 Å². The standard InChI is InChI=1S/C39H24ClN3S2/c1-3-4-16-30-22(2)34-38(44-30)35(42-39(40)41-34)23-18-20-24(21-19-23)43-29-15-9-7-13-27(29)32-25-11-5-6-12-26(25)37-33(36(32)43)28-14-8-10-17-31(28)45-37/h3-21H,1H2,2H3/b16-4-. The topological polar surface area (TPSA) is 30.7 Å². The lowest BCUT2D eigenvalue weighted by Crippen LogP contribution is -1.95. The van der Waals surface area contributed by atoms with Gasteiger partial charge in [-0.2, -0.15) is 0 Å². The Kier molecular flexibility index (Phi) is 5.97. The Labute approximate surface area is 272 Å². The second kappa shape index (κ2) is 10.1. The van der Waals surface area contributed by atoms with E-state index in [9.17, 15) is 0 Å². The quantitative estimate of drug-likeness (QED) is 0.143. The van der Waals surface area contributed by atoms with E-state index in [0.29, 0.717) is 0 Å². The summed E-state index contributed by atoms with van der Waals surface area (Å²) in [6.07, 6.45) is 5.80. The second-order valence-electron chi connectivity index (χ2n) is 11.2. The van der Waals surface area contributed by atoms with Crippen molar-refractivity contribution in [3.63, 3.8) is 0 Å². The van der Waals surface area contributed by atoms with Gasteiger partial charge in [0, 0.05) is 52.5 Å². The Balaban J connectivity index is 1.34. The molecule has 4 heterocycles. The molecule has 45 heavy (non-hydrogen) atoms. The van der Waals surface area contributed by atoms with Crippen LogP contribution < -0.4 is 0 Å². The molecular weight excluding hydrogens is 610 g/mol. The number of benzene rings is 5. The molecule has 0 aliphatic heterocycles. The number of aromatic nitrogens is 3. The number of thiophene rings is 2. The van der Waals surface area contributed by atoms with E-state index in [0.717, 1.165) is 37.6 Å². The van der Waals surface area contributed by atoms with Crippen LogP contribution in [0.4, 0.5) is 0 Å². The van der Waals surface area contributed by atoms with Crippen molar-refractivity contribution in [3.8, 4) is 16.9 Å². The zero-order chi connectivity index (χ0) is 30.2. The molecule has 6 heteroatoms. The largest absolute Gasteiger partial charge is 0.309 e. The van der Waals surface area contributed by atoms with Crippen molar-refractivity contribution in [1.29, 1.82) is 0 Å². The van der Waals surface area contributed by atoms with Gasteiger partial charge < -0.3 is 4.57 Å². The molecule has 9 rings (SSSR count). The number of allylic oxidation sites excluding steroid dienone is 2. The molecule has 0 radical (unpaired) electrons. The van der Waals surface area contributed by atoms with E-state index in [1.54, 1.807) is 17.4 Å². The molecular formula is C39H24ClN3S2. The fraction of sp³-hybridized carbons (Fsp3) is 0.0256. The van der Waals surface area contributed by atoms with E-state index in [1.807, 2.05) is 17.4 Å². The zero-order valence-electron chi connectivity index (χ0n) is 24.2. The molecule has 9 aromatic rings. The summed E-state index contributed by atoms with van der Waals surface area (Å²) in [4.78, 5) is 10.4. The van der Waals surface area contributed by atoms with Crippen molar-refractivity contribution in [2.45, 2.75) is 6.92 Å². The Morgan fingerprint density at radius 2 is 1.44 bits per heavy atom. The molecule has 214 valence electrons. The summed E-state index contributed by atoms with van der Waals surface area (Å²) in [5, 5.41) is 7.98. The number of para-hydroxylation sites is 1. The van der Waals surface area contributed by atoms with Crippen LogP contribution >= 0.6 is 34.3 Å². The Bertz CT molecular complexity index is 2690. The summed E-state index contributed by atoms with van der Waals surface area (Å²) < 4.78 is 6.10. The van der Waals surface area contributed by atoms with Crippen molar-refractivity contribution in [3.05, 3.63) is 132 Å². The fourth-order valence-electron chi connectivity index (χ4n) is 6.74. The summed E-state index contributed by atoms with van der Waals surface area (Å²) in [5.41, 5.74) is 7.38. The second-order valence-corrected chi connectivity index (χ2v) is 13.6. The third-order valence-corrected chi connectivity index (χ3v) is 11.3. The van der Waals surface area contributed by atoms with Gasteiger partial charge in [-0.1, -0.05) is 91.5 Å². The van der Waals surface area contributed by atoms with Crippen molar-refractivity contribution in [2.75, 3.05) is 0 Å². The van der Waals surface area contributed by atoms with Crippen molar-refractivity contribution < 1.29 is 0 Å². The third kappa shape index (κ3) is 3.88. The van der Waals surface area contributed by atoms with Crippen LogP contribution in [0.15, 0.2) is 116 Å². The molecule has 5 aromatic carbocycles. The highest BCUT2D eigenvalue weighted by molar-refractivity contribution is 7.27. The first-order valence-corrected chi connectivity index (χ1v) is 16.7. The number of rotatable bonds is 4. The number of hydrogen-bond acceptors (Lipinski definition) is 4. The smallest absolute Gasteiger partial charge is 0.223 e. The van der Waals surface area contributed by atoms with E-state index in [-0.39, 0.29) is 5.28 Å². The molecule has 0 bridgehead atoms. The summed E-state index contributed by atoms with van der Waals surface area (Å²) in [6.45, 7) is 5.90. The molecule has 0 aliphatic carbocycles. The van der Waals surface area contributed by atoms with Crippen LogP contribution in [0.5, 0.6) is 0 Å². The van der Waals surface area contributed by atoms with Gasteiger partial charge in [0.15, 0.2) is 0 Å². The van der Waals surface area contributed by atoms with Gasteiger partial charge in [0.25, 0.3) is 0 Å². The van der Waals surface area contributed by atoms with Gasteiger partial charge in [-0.05, 0) is 59.8 Å². The van der Waals surface area contributed by atoms with E-state index in [2.05, 4.69) is 126 Å². The maximum atomic E-state index is 6.49. The minimum atomic E-state index is 0.253. The summed E-state index contributed by atoms with van der Waals surface area (Å²) in [5.74, 6) is 0. The maximum Gasteiger partial charge on any atom is 0.223 e. The lowest BCUT2D eigenvalue weighted by atomic mass is 10.00. The molecule has 0 saturated carbocycles. The minimum Gasteiger partial charge on any atom is -0.309 e. The molecule has 0 aliphatic rings. The van der Waals surface area contributed by atoms with Gasteiger partial charge in [0.05, 0.1) is 26.9 Å². The van der Waals surface area contributed by atoms with Gasteiger partial charge in [0.2, 0.25) is 5.28 Å². The van der Waals surface area contributed by atoms with Crippen LogP contribution in [0.3, 0.4) is 0 Å². The Hall–Kier alpha value is -4.81. The average Bonchev–Trinajstić information content (AvgIpc) is 3.73. The monoisotopic (exact) mass is 633 g/mol. The van der Waals surface area contributed by atoms with Crippen LogP contribution in [-0.2, 0) is 0 Å². The highest BCUT2D eigenvalue weighted by Crippen LogP contribution is 2.48. The minimum absolute atomic E-state index is 0.253. The van der Waals surface area contributed by atoms with Crippen molar-refractivity contribution >= 4 is 103 Å². The zero-order valence-corrected chi connectivity index (χ0v) is 26.6. The third-order valence-electron chi connectivity index (χ3n) is 8.71. The van der Waals surface area contributed by atoms with E-state index in [1.165, 1.54) is 52.8 Å². The molecule has 0 N–H and O–H groups in total. The molecule has 0 unspecified atom stereocenters. The first-order chi connectivity index (χ1) is 22.1. The average molecular weight is 634 g/mol. The van der Waals surface area contributed by atoms with Crippen LogP contribution in [0, 0.1) is 6.92 Å². The normalized spacial score (nSPS) is 12.2. The molecule has 0 fully saturated rings. The lowest BCUT2D eigenvalue weighted by Gasteiger charge is -2.12. The highest BCUT2D eigenvalue weighted by atomic mass is 35.5. The summed E-state index contributed by atoms with van der Waals surface area (Å²) in [7, 11) is 0. The molecule has 0 atom stereocenters. The molecule has 0 saturated heterocycles. The summed E-state index contributed by atoms with van der Waals surface area (Å²) in [6, 6.07) is 35.1. The number of halogens is 1. The van der Waals surface area contributed by atoms with E-state index in [4.69, 9.17) is 16.6 Å². The highest BCUT2D eigenvalue weighted by Gasteiger charge is 2.22. The van der Waals surface area contributed by atoms with Crippen LogP contribution in [0.1, 0.15) is 10.4 Å². The van der Waals surface area contributed by atoms with E-state index >= 15 is 0 Å². The number of nitrogens with zero attached hydrogens (tertiary/aromatic N) is 3. The molecule has 3 nitrogen and oxygen atoms in total. The van der Waals surface area contributed by atoms with Crippen molar-refractivity contribution in [2.24, 2.45) is 0 Å². The molecule has 0 amide bonds. The number of hydrogen-bond donors (Lipinski definition) is 0. The molecule has 0 spiro atoms. The Morgan fingerprint density at radius 1 is 0.733 bits per heavy atom. The Morgan fingerprint density at radius 3 is 2.24 bits per heavy atom. The van der Waals surface area contributed by atoms with E-state index < -0.39 is 0 Å². The SMILES string of the molecule is C=C/C=C\c1sc2c(-c3ccc(-n4c5ccccc5c5c6ccccc6c6sc7ccccc7c6c54)cc3)nc(Cl)nc2c1C. The lowest BCUT2D eigenvalue weighted by molar-refractivity contribution is 1.18. The number of fused-ring (bicyclic) bond motifs is 11. The summed E-state index contributed by atoms with van der Waals surface area (Å²) >= 11 is 10.1. The van der Waals surface area contributed by atoms with Crippen LogP contribution in [-0.4, -0.2) is 14.5 Å². The first-order valence-electron chi connectivity index (χ1n) is 14.7. The predicted octanol–water partition coefficient (Wildman–Crippen LogP) is 12.1. The number of aryl methyl sites for hydroxylation is 1. The van der Waals surface area contributed by atoms with Gasteiger partial charge in [0.1, 0.15) is 0 Å². The van der Waals surface area contributed by atoms with Crippen LogP contribution in [0.25, 0.3) is 86.0 Å². The fourth-order valence-corrected chi connectivity index (χ4v) is 9.33. The van der Waals surface area contributed by atoms with Crippen LogP contribution in [0.2, 0.25) is 5.28 Å². The van der Waals surface area contributed by atoms with Crippen molar-refractivity contribution in [1.82, 2.24) is 14.5 Å². The van der Waals surface area contributed by atoms with Gasteiger partial charge in [-0.15, -0.1) is 22.7 Å². The van der Waals surface area contributed by atoms with Gasteiger partial charge in [-0.3, -0.25) is 0 Å².